The van der Waals surface area contributed by atoms with Gasteiger partial charge in [0.25, 0.3) is 0 Å². The van der Waals surface area contributed by atoms with Crippen LogP contribution in [0.15, 0.2) is 0 Å². The summed E-state index contributed by atoms with van der Waals surface area (Å²) >= 11 is 0. The van der Waals surface area contributed by atoms with Crippen LogP contribution in [0.1, 0.15) is 46.5 Å². The van der Waals surface area contributed by atoms with Crippen molar-refractivity contribution in [2.24, 2.45) is 0 Å². The standard InChI is InChI=1S/C14H29NO5/c1-14(2,3)20-13(18)15-8-6-4-5-7-9-19-11-12(17)10-16/h12,16-17H,4-11H2,1-3H3,(H,15,18). The first kappa shape index (κ1) is 19.1. The van der Waals surface area contributed by atoms with Gasteiger partial charge in [-0.05, 0) is 33.6 Å². The van der Waals surface area contributed by atoms with Gasteiger partial charge >= 0.3 is 6.09 Å². The molecule has 0 bridgehead atoms. The average molecular weight is 291 g/mol. The second-order valence-corrected chi connectivity index (χ2v) is 5.75. The van der Waals surface area contributed by atoms with Crippen molar-refractivity contribution in [3.8, 4) is 0 Å². The van der Waals surface area contributed by atoms with Crippen LogP contribution in [0.25, 0.3) is 0 Å². The summed E-state index contributed by atoms with van der Waals surface area (Å²) in [6.07, 6.45) is 2.66. The summed E-state index contributed by atoms with van der Waals surface area (Å²) in [4.78, 5) is 11.3. The van der Waals surface area contributed by atoms with E-state index in [0.29, 0.717) is 13.2 Å². The summed E-state index contributed by atoms with van der Waals surface area (Å²) in [5.74, 6) is 0. The van der Waals surface area contributed by atoms with Gasteiger partial charge in [0.2, 0.25) is 0 Å². The molecule has 0 aromatic rings. The van der Waals surface area contributed by atoms with Crippen LogP contribution in [0.2, 0.25) is 0 Å². The van der Waals surface area contributed by atoms with Gasteiger partial charge in [0, 0.05) is 13.2 Å². The summed E-state index contributed by atoms with van der Waals surface area (Å²) < 4.78 is 10.3. The molecule has 0 aromatic heterocycles. The van der Waals surface area contributed by atoms with Crippen LogP contribution < -0.4 is 5.32 Å². The van der Waals surface area contributed by atoms with E-state index in [9.17, 15) is 4.79 Å². The zero-order chi connectivity index (χ0) is 15.4. The number of aliphatic hydroxyl groups excluding tert-OH is 2. The van der Waals surface area contributed by atoms with Crippen molar-refractivity contribution < 1.29 is 24.5 Å². The van der Waals surface area contributed by atoms with E-state index < -0.39 is 11.7 Å². The van der Waals surface area contributed by atoms with E-state index >= 15 is 0 Å². The number of ether oxygens (including phenoxy) is 2. The molecule has 0 fully saturated rings. The van der Waals surface area contributed by atoms with Crippen LogP contribution in [-0.2, 0) is 9.47 Å². The first-order valence-electron chi connectivity index (χ1n) is 7.18. The Labute approximate surface area is 121 Å². The van der Waals surface area contributed by atoms with E-state index in [1.807, 2.05) is 20.8 Å². The van der Waals surface area contributed by atoms with Crippen LogP contribution in [-0.4, -0.2) is 54.4 Å². The summed E-state index contributed by atoms with van der Waals surface area (Å²) in [5, 5.41) is 20.3. The lowest BCUT2D eigenvalue weighted by molar-refractivity contribution is 0.00526. The van der Waals surface area contributed by atoms with Crippen molar-refractivity contribution in [3.63, 3.8) is 0 Å². The van der Waals surface area contributed by atoms with Gasteiger partial charge in [0.05, 0.1) is 13.2 Å². The highest BCUT2D eigenvalue weighted by molar-refractivity contribution is 5.67. The fraction of sp³-hybridized carbons (Fsp3) is 0.929. The normalized spacial score (nSPS) is 13.1. The minimum atomic E-state index is -0.784. The van der Waals surface area contributed by atoms with Gasteiger partial charge in [-0.15, -0.1) is 0 Å². The maximum atomic E-state index is 11.3. The lowest BCUT2D eigenvalue weighted by Gasteiger charge is -2.19. The Morgan fingerprint density at radius 2 is 1.85 bits per heavy atom. The molecule has 3 N–H and O–H groups in total. The fourth-order valence-corrected chi connectivity index (χ4v) is 1.46. The molecule has 1 unspecified atom stereocenters. The summed E-state index contributed by atoms with van der Waals surface area (Å²) in [6.45, 7) is 6.60. The number of hydrogen-bond donors (Lipinski definition) is 3. The van der Waals surface area contributed by atoms with Gasteiger partial charge < -0.3 is 25.0 Å². The molecule has 0 rings (SSSR count). The lowest BCUT2D eigenvalue weighted by Crippen LogP contribution is -2.32. The van der Waals surface area contributed by atoms with E-state index in [-0.39, 0.29) is 19.3 Å². The zero-order valence-corrected chi connectivity index (χ0v) is 12.9. The highest BCUT2D eigenvalue weighted by atomic mass is 16.6. The van der Waals surface area contributed by atoms with Crippen molar-refractivity contribution in [1.29, 1.82) is 0 Å². The smallest absolute Gasteiger partial charge is 0.407 e. The van der Waals surface area contributed by atoms with Crippen molar-refractivity contribution in [3.05, 3.63) is 0 Å². The number of hydrogen-bond acceptors (Lipinski definition) is 5. The number of carbonyl (C=O) groups excluding carboxylic acids is 1. The third-order valence-electron chi connectivity index (χ3n) is 2.40. The molecule has 0 radical (unpaired) electrons. The van der Waals surface area contributed by atoms with Crippen LogP contribution >= 0.6 is 0 Å². The van der Waals surface area contributed by atoms with E-state index in [4.69, 9.17) is 19.7 Å². The summed E-state index contributed by atoms with van der Waals surface area (Å²) in [7, 11) is 0. The number of alkyl carbamates (subject to hydrolysis) is 1. The molecular formula is C14H29NO5. The Bertz CT molecular complexity index is 252. The van der Waals surface area contributed by atoms with Crippen molar-refractivity contribution in [2.75, 3.05) is 26.4 Å². The molecule has 6 nitrogen and oxygen atoms in total. The molecule has 0 aliphatic heterocycles. The Balaban J connectivity index is 3.27. The maximum absolute atomic E-state index is 11.3. The molecule has 0 saturated heterocycles. The average Bonchev–Trinajstić information content (AvgIpc) is 2.34. The molecule has 6 heteroatoms. The van der Waals surface area contributed by atoms with Crippen LogP contribution in [0.4, 0.5) is 4.79 Å². The molecule has 20 heavy (non-hydrogen) atoms. The highest BCUT2D eigenvalue weighted by Crippen LogP contribution is 2.06. The molecule has 120 valence electrons. The van der Waals surface area contributed by atoms with Crippen LogP contribution in [0.5, 0.6) is 0 Å². The molecular weight excluding hydrogens is 262 g/mol. The fourth-order valence-electron chi connectivity index (χ4n) is 1.46. The van der Waals surface area contributed by atoms with E-state index in [1.165, 1.54) is 0 Å². The van der Waals surface area contributed by atoms with E-state index in [0.717, 1.165) is 25.7 Å². The molecule has 0 aliphatic carbocycles. The number of nitrogens with one attached hydrogen (secondary N) is 1. The summed E-state index contributed by atoms with van der Waals surface area (Å²) in [6, 6.07) is 0. The predicted molar refractivity (Wildman–Crippen MR) is 76.6 cm³/mol. The zero-order valence-electron chi connectivity index (χ0n) is 12.9. The van der Waals surface area contributed by atoms with Crippen molar-refractivity contribution >= 4 is 6.09 Å². The molecule has 0 heterocycles. The highest BCUT2D eigenvalue weighted by Gasteiger charge is 2.15. The Hall–Kier alpha value is -0.850. The Morgan fingerprint density at radius 1 is 1.20 bits per heavy atom. The van der Waals surface area contributed by atoms with Gasteiger partial charge in [-0.25, -0.2) is 4.79 Å². The van der Waals surface area contributed by atoms with Gasteiger partial charge in [0.15, 0.2) is 0 Å². The topological polar surface area (TPSA) is 88.0 Å². The van der Waals surface area contributed by atoms with Gasteiger partial charge in [-0.3, -0.25) is 0 Å². The first-order valence-corrected chi connectivity index (χ1v) is 7.18. The number of unbranched alkanes of at least 4 members (excludes halogenated alkanes) is 3. The first-order chi connectivity index (χ1) is 9.35. The largest absolute Gasteiger partial charge is 0.444 e. The number of aliphatic hydroxyl groups is 2. The molecule has 0 saturated carbocycles. The number of carbonyl (C=O) groups is 1. The Morgan fingerprint density at radius 3 is 2.45 bits per heavy atom. The quantitative estimate of drug-likeness (QED) is 0.530. The Kier molecular flexibility index (Phi) is 10.4. The predicted octanol–water partition coefficient (Wildman–Crippen LogP) is 1.44. The second-order valence-electron chi connectivity index (χ2n) is 5.75. The van der Waals surface area contributed by atoms with Crippen LogP contribution in [0.3, 0.4) is 0 Å². The van der Waals surface area contributed by atoms with Crippen molar-refractivity contribution in [1.82, 2.24) is 5.32 Å². The molecule has 1 amide bonds. The summed E-state index contributed by atoms with van der Waals surface area (Å²) in [5.41, 5.74) is -0.458. The third-order valence-corrected chi connectivity index (χ3v) is 2.40. The minimum absolute atomic E-state index is 0.177. The van der Waals surface area contributed by atoms with Crippen molar-refractivity contribution in [2.45, 2.75) is 58.2 Å². The second kappa shape index (κ2) is 10.9. The third kappa shape index (κ3) is 13.6. The van der Waals surface area contributed by atoms with Gasteiger partial charge in [-0.2, -0.15) is 0 Å². The van der Waals surface area contributed by atoms with E-state index in [2.05, 4.69) is 5.32 Å². The lowest BCUT2D eigenvalue weighted by atomic mass is 10.2. The maximum Gasteiger partial charge on any atom is 0.407 e. The SMILES string of the molecule is CC(C)(C)OC(=O)NCCCCCCOCC(O)CO. The molecule has 0 spiro atoms. The number of rotatable bonds is 10. The monoisotopic (exact) mass is 291 g/mol. The van der Waals surface area contributed by atoms with Gasteiger partial charge in [0.1, 0.15) is 11.7 Å². The molecule has 1 atom stereocenters. The molecule has 0 aromatic carbocycles. The number of amides is 1. The minimum Gasteiger partial charge on any atom is -0.444 e. The molecule has 0 aliphatic rings. The van der Waals surface area contributed by atoms with Gasteiger partial charge in [-0.1, -0.05) is 12.8 Å². The van der Waals surface area contributed by atoms with E-state index in [1.54, 1.807) is 0 Å². The van der Waals surface area contributed by atoms with Crippen LogP contribution in [0, 0.1) is 0 Å².